The summed E-state index contributed by atoms with van der Waals surface area (Å²) in [5.74, 6) is 0. The molecule has 0 spiro atoms. The van der Waals surface area contributed by atoms with Crippen LogP contribution in [0, 0.1) is 0 Å². The Morgan fingerprint density at radius 1 is 0.682 bits per heavy atom. The summed E-state index contributed by atoms with van der Waals surface area (Å²) in [5.41, 5.74) is 0. The summed E-state index contributed by atoms with van der Waals surface area (Å²) in [4.78, 5) is 17.0. The number of hydrogen-bond acceptors (Lipinski definition) is 2. The van der Waals surface area contributed by atoms with E-state index in [-0.39, 0.29) is 19.0 Å². The van der Waals surface area contributed by atoms with Crippen molar-refractivity contribution in [2.45, 2.75) is 96.8 Å². The van der Waals surface area contributed by atoms with Gasteiger partial charge in [0.05, 0.1) is 6.61 Å². The van der Waals surface area contributed by atoms with Crippen LogP contribution in [-0.4, -0.2) is 16.4 Å². The Hall–Kier alpha value is 0.400. The van der Waals surface area contributed by atoms with Gasteiger partial charge in [0.2, 0.25) is 0 Å². The molecule has 0 aromatic heterocycles. The molecule has 0 aromatic carbocycles. The molecule has 2 N–H and O–H groups in total. The summed E-state index contributed by atoms with van der Waals surface area (Å²) in [6.07, 6.45) is 17.8. The Bertz CT molecular complexity index is 259. The lowest BCUT2D eigenvalue weighted by molar-refractivity contribution is 0.193. The molecule has 0 saturated carbocycles. The first-order valence-electron chi connectivity index (χ1n) is 8.76. The summed E-state index contributed by atoms with van der Waals surface area (Å²) in [7, 11) is -4.25. The SMILES string of the molecule is CCCCCCCCCCCCCCCCOP(=O)(O)O.Cl. The number of phosphoric acid groups is 1. The minimum Gasteiger partial charge on any atom is -0.303 e. The van der Waals surface area contributed by atoms with Crippen molar-refractivity contribution in [3.05, 3.63) is 0 Å². The minimum absolute atomic E-state index is 0. The fraction of sp³-hybridized carbons (Fsp3) is 1.00. The standard InChI is InChI=1S/C16H35O4P.ClH/c1-2-3-4-5-6-7-8-9-10-11-12-13-14-15-16-20-21(17,18)19;/h2-16H2,1H3,(H2,17,18,19);1H. The van der Waals surface area contributed by atoms with Crippen molar-refractivity contribution in [3.63, 3.8) is 0 Å². The van der Waals surface area contributed by atoms with E-state index in [4.69, 9.17) is 9.79 Å². The molecule has 6 heteroatoms. The second-order valence-electron chi connectivity index (χ2n) is 5.92. The van der Waals surface area contributed by atoms with E-state index in [9.17, 15) is 4.57 Å². The zero-order valence-electron chi connectivity index (χ0n) is 14.2. The first kappa shape index (κ1) is 24.6. The van der Waals surface area contributed by atoms with E-state index in [0.717, 1.165) is 19.3 Å². The molecule has 0 fully saturated rings. The van der Waals surface area contributed by atoms with Crippen molar-refractivity contribution in [2.75, 3.05) is 6.61 Å². The highest BCUT2D eigenvalue weighted by molar-refractivity contribution is 7.46. The maximum Gasteiger partial charge on any atom is 0.469 e. The van der Waals surface area contributed by atoms with E-state index in [1.807, 2.05) is 0 Å². The molecule has 4 nitrogen and oxygen atoms in total. The number of halogens is 1. The van der Waals surface area contributed by atoms with Crippen molar-refractivity contribution in [1.82, 2.24) is 0 Å². The zero-order valence-corrected chi connectivity index (χ0v) is 15.9. The van der Waals surface area contributed by atoms with Crippen LogP contribution in [0.2, 0.25) is 0 Å². The van der Waals surface area contributed by atoms with Gasteiger partial charge in [0.15, 0.2) is 0 Å². The lowest BCUT2D eigenvalue weighted by atomic mass is 10.0. The molecule has 136 valence electrons. The van der Waals surface area contributed by atoms with Crippen LogP contribution in [0.15, 0.2) is 0 Å². The van der Waals surface area contributed by atoms with Crippen molar-refractivity contribution >= 4 is 20.2 Å². The lowest BCUT2D eigenvalue weighted by Gasteiger charge is -2.05. The van der Waals surface area contributed by atoms with E-state index in [1.54, 1.807) is 0 Å². The van der Waals surface area contributed by atoms with E-state index in [1.165, 1.54) is 70.6 Å². The largest absolute Gasteiger partial charge is 0.469 e. The van der Waals surface area contributed by atoms with Crippen molar-refractivity contribution in [3.8, 4) is 0 Å². The van der Waals surface area contributed by atoms with Crippen LogP contribution in [0.1, 0.15) is 96.8 Å². The van der Waals surface area contributed by atoms with Gasteiger partial charge in [-0.25, -0.2) is 4.57 Å². The average molecular weight is 359 g/mol. The molecule has 0 unspecified atom stereocenters. The van der Waals surface area contributed by atoms with E-state index in [2.05, 4.69) is 11.4 Å². The van der Waals surface area contributed by atoms with E-state index >= 15 is 0 Å². The van der Waals surface area contributed by atoms with Gasteiger partial charge in [0.25, 0.3) is 0 Å². The highest BCUT2D eigenvalue weighted by atomic mass is 35.5. The summed E-state index contributed by atoms with van der Waals surface area (Å²) >= 11 is 0. The number of rotatable bonds is 16. The number of hydrogen-bond donors (Lipinski definition) is 2. The van der Waals surface area contributed by atoms with Gasteiger partial charge in [-0.15, -0.1) is 12.4 Å². The van der Waals surface area contributed by atoms with Crippen LogP contribution in [0.3, 0.4) is 0 Å². The van der Waals surface area contributed by atoms with Crippen molar-refractivity contribution in [2.24, 2.45) is 0 Å². The van der Waals surface area contributed by atoms with Crippen molar-refractivity contribution < 1.29 is 18.9 Å². The number of unbranched alkanes of at least 4 members (excludes halogenated alkanes) is 13. The molecular formula is C16H36ClO4P. The Morgan fingerprint density at radius 2 is 1.00 bits per heavy atom. The summed E-state index contributed by atoms with van der Waals surface area (Å²) in [5, 5.41) is 0. The Labute approximate surface area is 143 Å². The minimum atomic E-state index is -4.25. The first-order valence-corrected chi connectivity index (χ1v) is 10.3. The summed E-state index contributed by atoms with van der Waals surface area (Å²) in [6, 6.07) is 0. The van der Waals surface area contributed by atoms with Gasteiger partial charge in [-0.05, 0) is 6.42 Å². The Kier molecular flexibility index (Phi) is 19.9. The molecule has 0 aliphatic carbocycles. The molecule has 0 bridgehead atoms. The summed E-state index contributed by atoms with van der Waals surface area (Å²) in [6.45, 7) is 2.42. The van der Waals surface area contributed by atoms with E-state index < -0.39 is 7.82 Å². The van der Waals surface area contributed by atoms with Gasteiger partial charge >= 0.3 is 7.82 Å². The molecule has 0 rings (SSSR count). The Balaban J connectivity index is 0. The maximum absolute atomic E-state index is 10.4. The molecular weight excluding hydrogens is 323 g/mol. The summed E-state index contributed by atoms with van der Waals surface area (Å²) < 4.78 is 14.8. The van der Waals surface area contributed by atoms with Gasteiger partial charge in [-0.3, -0.25) is 4.52 Å². The molecule has 0 atom stereocenters. The molecule has 0 saturated heterocycles. The van der Waals surface area contributed by atoms with Gasteiger partial charge in [-0.2, -0.15) is 0 Å². The third-order valence-corrected chi connectivity index (χ3v) is 4.28. The molecule has 0 heterocycles. The molecule has 0 aliphatic heterocycles. The average Bonchev–Trinajstić information content (AvgIpc) is 2.42. The molecule has 0 aliphatic rings. The number of phosphoric ester groups is 1. The molecule has 0 radical (unpaired) electrons. The van der Waals surface area contributed by atoms with Gasteiger partial charge in [0, 0.05) is 0 Å². The third kappa shape index (κ3) is 22.7. The van der Waals surface area contributed by atoms with Crippen LogP contribution in [0.4, 0.5) is 0 Å². The van der Waals surface area contributed by atoms with Crippen LogP contribution >= 0.6 is 20.2 Å². The zero-order chi connectivity index (χ0) is 15.8. The van der Waals surface area contributed by atoms with Crippen molar-refractivity contribution in [1.29, 1.82) is 0 Å². The smallest absolute Gasteiger partial charge is 0.303 e. The van der Waals surface area contributed by atoms with Gasteiger partial charge in [0.1, 0.15) is 0 Å². The van der Waals surface area contributed by atoms with Gasteiger partial charge in [-0.1, -0.05) is 90.4 Å². The second kappa shape index (κ2) is 17.7. The Morgan fingerprint density at radius 3 is 1.32 bits per heavy atom. The first-order chi connectivity index (χ1) is 10.1. The normalized spacial score (nSPS) is 11.4. The predicted octanol–water partition coefficient (Wildman–Crippen LogP) is 6.00. The van der Waals surface area contributed by atoms with E-state index in [0.29, 0.717) is 0 Å². The van der Waals surface area contributed by atoms with Gasteiger partial charge < -0.3 is 9.79 Å². The second-order valence-corrected chi connectivity index (χ2v) is 7.16. The van der Waals surface area contributed by atoms with Crippen LogP contribution < -0.4 is 0 Å². The highest BCUT2D eigenvalue weighted by Crippen LogP contribution is 2.35. The molecule has 22 heavy (non-hydrogen) atoms. The topological polar surface area (TPSA) is 66.8 Å². The maximum atomic E-state index is 10.4. The van der Waals surface area contributed by atoms with Crippen LogP contribution in [-0.2, 0) is 9.09 Å². The fourth-order valence-corrected chi connectivity index (χ4v) is 2.85. The monoisotopic (exact) mass is 358 g/mol. The highest BCUT2D eigenvalue weighted by Gasteiger charge is 2.12. The van der Waals surface area contributed by atoms with Crippen LogP contribution in [0.25, 0.3) is 0 Å². The fourth-order valence-electron chi connectivity index (χ4n) is 2.48. The molecule has 0 aromatic rings. The quantitative estimate of drug-likeness (QED) is 0.262. The third-order valence-electron chi connectivity index (χ3n) is 3.76. The molecule has 0 amide bonds. The predicted molar refractivity (Wildman–Crippen MR) is 95.6 cm³/mol. The van der Waals surface area contributed by atoms with Crippen LogP contribution in [0.5, 0.6) is 0 Å². The lowest BCUT2D eigenvalue weighted by Crippen LogP contribution is -1.92.